The van der Waals surface area contributed by atoms with Gasteiger partial charge in [-0.2, -0.15) is 0 Å². The highest BCUT2D eigenvalue weighted by Gasteiger charge is 2.10. The summed E-state index contributed by atoms with van der Waals surface area (Å²) >= 11 is 5.60. The zero-order valence-corrected chi connectivity index (χ0v) is 10.4. The second-order valence-electron chi connectivity index (χ2n) is 4.14. The molecule has 0 heterocycles. The molecule has 18 heavy (non-hydrogen) atoms. The van der Waals surface area contributed by atoms with Crippen LogP contribution in [0.25, 0.3) is 0 Å². The van der Waals surface area contributed by atoms with Crippen LogP contribution in [0.5, 0.6) is 0 Å². The number of benzene rings is 2. The SMILES string of the molecule is Nc1ccc(C(O)Cc2ccc(Cl)c(F)c2)cc1. The van der Waals surface area contributed by atoms with Gasteiger partial charge in [-0.15, -0.1) is 0 Å². The molecule has 0 bridgehead atoms. The maximum atomic E-state index is 13.3. The first kappa shape index (κ1) is 12.9. The Kier molecular flexibility index (Phi) is 3.84. The molecule has 1 atom stereocenters. The summed E-state index contributed by atoms with van der Waals surface area (Å²) in [5.74, 6) is -0.473. The van der Waals surface area contributed by atoms with Gasteiger partial charge < -0.3 is 10.8 Å². The molecule has 2 nitrogen and oxygen atoms in total. The molecule has 0 aliphatic carbocycles. The summed E-state index contributed by atoms with van der Waals surface area (Å²) in [6.07, 6.45) is -0.357. The molecule has 1 unspecified atom stereocenters. The van der Waals surface area contributed by atoms with Crippen molar-refractivity contribution in [1.29, 1.82) is 0 Å². The van der Waals surface area contributed by atoms with E-state index >= 15 is 0 Å². The Balaban J connectivity index is 2.13. The van der Waals surface area contributed by atoms with Crippen LogP contribution < -0.4 is 5.73 Å². The summed E-state index contributed by atoms with van der Waals surface area (Å²) in [4.78, 5) is 0. The molecule has 4 heteroatoms. The minimum absolute atomic E-state index is 0.0840. The number of halogens is 2. The lowest BCUT2D eigenvalue weighted by atomic mass is 10.0. The van der Waals surface area contributed by atoms with Gasteiger partial charge in [-0.3, -0.25) is 0 Å². The molecule has 2 rings (SSSR count). The van der Waals surface area contributed by atoms with E-state index in [1.165, 1.54) is 12.1 Å². The van der Waals surface area contributed by atoms with Crippen LogP contribution in [0.2, 0.25) is 5.02 Å². The van der Waals surface area contributed by atoms with Crippen LogP contribution in [0, 0.1) is 5.82 Å². The van der Waals surface area contributed by atoms with Crippen LogP contribution in [-0.2, 0) is 6.42 Å². The predicted octanol–water partition coefficient (Wildman–Crippen LogP) is 3.34. The first-order chi connectivity index (χ1) is 8.56. The van der Waals surface area contributed by atoms with Crippen LogP contribution in [0.15, 0.2) is 42.5 Å². The lowest BCUT2D eigenvalue weighted by Crippen LogP contribution is -2.02. The van der Waals surface area contributed by atoms with Crippen LogP contribution in [0.3, 0.4) is 0 Å². The second kappa shape index (κ2) is 5.38. The van der Waals surface area contributed by atoms with E-state index in [1.54, 1.807) is 30.3 Å². The average molecular weight is 266 g/mol. The van der Waals surface area contributed by atoms with E-state index < -0.39 is 11.9 Å². The third-order valence-corrected chi connectivity index (χ3v) is 3.04. The van der Waals surface area contributed by atoms with Crippen molar-refractivity contribution in [1.82, 2.24) is 0 Å². The second-order valence-corrected chi connectivity index (χ2v) is 4.54. The van der Waals surface area contributed by atoms with Crippen molar-refractivity contribution in [3.05, 3.63) is 64.4 Å². The first-order valence-electron chi connectivity index (χ1n) is 5.53. The highest BCUT2D eigenvalue weighted by atomic mass is 35.5. The zero-order valence-electron chi connectivity index (χ0n) is 9.61. The number of hydrogen-bond acceptors (Lipinski definition) is 2. The van der Waals surface area contributed by atoms with Crippen LogP contribution in [-0.4, -0.2) is 5.11 Å². The molecule has 0 fully saturated rings. The van der Waals surface area contributed by atoms with E-state index in [0.29, 0.717) is 17.7 Å². The minimum Gasteiger partial charge on any atom is -0.399 e. The minimum atomic E-state index is -0.689. The zero-order chi connectivity index (χ0) is 13.1. The van der Waals surface area contributed by atoms with Crippen molar-refractivity contribution in [2.75, 3.05) is 5.73 Å². The highest BCUT2D eigenvalue weighted by molar-refractivity contribution is 6.30. The topological polar surface area (TPSA) is 46.2 Å². The van der Waals surface area contributed by atoms with Crippen molar-refractivity contribution < 1.29 is 9.50 Å². The molecule has 0 aromatic heterocycles. The maximum absolute atomic E-state index is 13.3. The molecule has 94 valence electrons. The molecule has 0 saturated heterocycles. The van der Waals surface area contributed by atoms with Crippen molar-refractivity contribution in [3.8, 4) is 0 Å². The Morgan fingerprint density at radius 1 is 1.17 bits per heavy atom. The van der Waals surface area contributed by atoms with E-state index in [-0.39, 0.29) is 5.02 Å². The van der Waals surface area contributed by atoms with Gasteiger partial charge >= 0.3 is 0 Å². The first-order valence-corrected chi connectivity index (χ1v) is 5.91. The summed E-state index contributed by atoms with van der Waals surface area (Å²) in [6.45, 7) is 0. The number of nitrogen functional groups attached to an aromatic ring is 1. The van der Waals surface area contributed by atoms with E-state index in [0.717, 1.165) is 5.56 Å². The molecule has 3 N–H and O–H groups in total. The van der Waals surface area contributed by atoms with Gasteiger partial charge in [-0.1, -0.05) is 29.8 Å². The normalized spacial score (nSPS) is 12.4. The largest absolute Gasteiger partial charge is 0.399 e. The number of aliphatic hydroxyl groups excluding tert-OH is 1. The van der Waals surface area contributed by atoms with Gasteiger partial charge in [0.15, 0.2) is 0 Å². The van der Waals surface area contributed by atoms with E-state index in [1.807, 2.05) is 0 Å². The highest BCUT2D eigenvalue weighted by Crippen LogP contribution is 2.22. The Bertz CT molecular complexity index is 542. The fourth-order valence-corrected chi connectivity index (χ4v) is 1.84. The van der Waals surface area contributed by atoms with Gasteiger partial charge in [0.05, 0.1) is 11.1 Å². The number of nitrogens with two attached hydrogens (primary N) is 1. The van der Waals surface area contributed by atoms with Crippen LogP contribution in [0.4, 0.5) is 10.1 Å². The lowest BCUT2D eigenvalue weighted by molar-refractivity contribution is 0.178. The number of hydrogen-bond donors (Lipinski definition) is 2. The molecule has 0 aliphatic heterocycles. The Hall–Kier alpha value is -1.58. The molecule has 2 aromatic rings. The third kappa shape index (κ3) is 3.00. The van der Waals surface area contributed by atoms with E-state index in [9.17, 15) is 9.50 Å². The quantitative estimate of drug-likeness (QED) is 0.836. The van der Waals surface area contributed by atoms with E-state index in [2.05, 4.69) is 0 Å². The molecular weight excluding hydrogens is 253 g/mol. The fourth-order valence-electron chi connectivity index (χ4n) is 1.73. The standard InChI is InChI=1S/C14H13ClFNO/c15-12-6-1-9(7-13(12)16)8-14(18)10-2-4-11(17)5-3-10/h1-7,14,18H,8,17H2. The molecule has 0 saturated carbocycles. The van der Waals surface area contributed by atoms with Gasteiger partial charge in [0.25, 0.3) is 0 Å². The maximum Gasteiger partial charge on any atom is 0.142 e. The van der Waals surface area contributed by atoms with Gasteiger partial charge in [0.1, 0.15) is 5.82 Å². The molecule has 0 radical (unpaired) electrons. The third-order valence-electron chi connectivity index (χ3n) is 2.73. The molecular formula is C14H13ClFNO. The summed E-state index contributed by atoms with van der Waals surface area (Å²) in [5.41, 5.74) is 7.66. The molecule has 0 amide bonds. The smallest absolute Gasteiger partial charge is 0.142 e. The fraction of sp³-hybridized carbons (Fsp3) is 0.143. The lowest BCUT2D eigenvalue weighted by Gasteiger charge is -2.11. The number of rotatable bonds is 3. The number of anilines is 1. The summed E-state index contributed by atoms with van der Waals surface area (Å²) in [5, 5.41) is 10.1. The summed E-state index contributed by atoms with van der Waals surface area (Å²) in [6, 6.07) is 11.5. The van der Waals surface area contributed by atoms with Crippen molar-refractivity contribution in [2.45, 2.75) is 12.5 Å². The van der Waals surface area contributed by atoms with Gasteiger partial charge in [-0.05, 0) is 35.4 Å². The van der Waals surface area contributed by atoms with Gasteiger partial charge in [0.2, 0.25) is 0 Å². The van der Waals surface area contributed by atoms with Crippen LogP contribution in [0.1, 0.15) is 17.2 Å². The van der Waals surface area contributed by atoms with Gasteiger partial charge in [0, 0.05) is 12.1 Å². The summed E-state index contributed by atoms with van der Waals surface area (Å²) in [7, 11) is 0. The molecule has 0 spiro atoms. The Morgan fingerprint density at radius 3 is 2.44 bits per heavy atom. The van der Waals surface area contributed by atoms with Crippen molar-refractivity contribution in [2.24, 2.45) is 0 Å². The summed E-state index contributed by atoms with van der Waals surface area (Å²) < 4.78 is 13.3. The monoisotopic (exact) mass is 265 g/mol. The van der Waals surface area contributed by atoms with Gasteiger partial charge in [-0.25, -0.2) is 4.39 Å². The number of aliphatic hydroxyl groups is 1. The molecule has 2 aromatic carbocycles. The molecule has 0 aliphatic rings. The Labute approximate surface area is 110 Å². The van der Waals surface area contributed by atoms with Crippen molar-refractivity contribution in [3.63, 3.8) is 0 Å². The average Bonchev–Trinajstić information content (AvgIpc) is 2.34. The Morgan fingerprint density at radius 2 is 1.83 bits per heavy atom. The predicted molar refractivity (Wildman–Crippen MR) is 70.9 cm³/mol. The van der Waals surface area contributed by atoms with Crippen LogP contribution >= 0.6 is 11.6 Å². The van der Waals surface area contributed by atoms with Crippen molar-refractivity contribution >= 4 is 17.3 Å². The van der Waals surface area contributed by atoms with E-state index in [4.69, 9.17) is 17.3 Å².